The molecule has 2 aliphatic heterocycles. The van der Waals surface area contributed by atoms with Crippen LogP contribution in [0, 0.1) is 5.82 Å². The minimum absolute atomic E-state index is 0.0848. The van der Waals surface area contributed by atoms with Gasteiger partial charge in [-0.05, 0) is 60.4 Å². The number of fused-ring (bicyclic) bond motifs is 1. The molecule has 2 aromatic carbocycles. The molecular formula is C29H29FN6O2. The number of pyridine rings is 1. The zero-order valence-corrected chi connectivity index (χ0v) is 21.0. The van der Waals surface area contributed by atoms with Crippen LogP contribution in [-0.2, 0) is 17.6 Å². The standard InChI is InChI=1S/C29H29FN6O2/c30-22-7-3-20(4-8-22)18-26-33-25-2-1-13-31-28(25)36(26)24-11-15-34(16-12-24)27(37)19-21-5-9-23(10-6-21)35-17-14-32-29(35)38/h1-10,13,24H,11-12,14-19H2,(H,32,38). The number of nitrogens with zero attached hydrogens (tertiary/aromatic N) is 5. The lowest BCUT2D eigenvalue weighted by molar-refractivity contribution is -0.131. The number of amides is 3. The lowest BCUT2D eigenvalue weighted by atomic mass is 10.0. The third-order valence-corrected chi connectivity index (χ3v) is 7.44. The molecule has 194 valence electrons. The first-order chi connectivity index (χ1) is 18.5. The van der Waals surface area contributed by atoms with Crippen molar-refractivity contribution in [1.82, 2.24) is 24.8 Å². The van der Waals surface area contributed by atoms with E-state index in [9.17, 15) is 14.0 Å². The predicted molar refractivity (Wildman–Crippen MR) is 142 cm³/mol. The first-order valence-corrected chi connectivity index (χ1v) is 13.0. The van der Waals surface area contributed by atoms with Crippen LogP contribution in [0.5, 0.6) is 0 Å². The number of rotatable bonds is 6. The number of aromatic nitrogens is 3. The van der Waals surface area contributed by atoms with Crippen LogP contribution in [0.25, 0.3) is 11.2 Å². The highest BCUT2D eigenvalue weighted by Crippen LogP contribution is 2.29. The number of hydrogen-bond donors (Lipinski definition) is 1. The smallest absolute Gasteiger partial charge is 0.321 e. The molecule has 8 nitrogen and oxygen atoms in total. The van der Waals surface area contributed by atoms with Gasteiger partial charge in [-0.3, -0.25) is 9.69 Å². The predicted octanol–water partition coefficient (Wildman–Crippen LogP) is 4.10. The van der Waals surface area contributed by atoms with Gasteiger partial charge in [0.15, 0.2) is 5.65 Å². The number of imidazole rings is 1. The van der Waals surface area contributed by atoms with E-state index in [2.05, 4.69) is 14.9 Å². The van der Waals surface area contributed by atoms with Crippen molar-refractivity contribution in [2.45, 2.75) is 31.7 Å². The van der Waals surface area contributed by atoms with E-state index in [-0.39, 0.29) is 23.8 Å². The molecule has 0 unspecified atom stereocenters. The number of nitrogens with one attached hydrogen (secondary N) is 1. The van der Waals surface area contributed by atoms with Gasteiger partial charge in [0.2, 0.25) is 5.91 Å². The van der Waals surface area contributed by atoms with Crippen molar-refractivity contribution in [2.75, 3.05) is 31.1 Å². The van der Waals surface area contributed by atoms with Gasteiger partial charge in [0.25, 0.3) is 0 Å². The summed E-state index contributed by atoms with van der Waals surface area (Å²) in [5, 5.41) is 2.80. The topological polar surface area (TPSA) is 83.4 Å². The summed E-state index contributed by atoms with van der Waals surface area (Å²) < 4.78 is 15.6. The van der Waals surface area contributed by atoms with Crippen molar-refractivity contribution in [1.29, 1.82) is 0 Å². The fraction of sp³-hybridized carbons (Fsp3) is 0.310. The van der Waals surface area contributed by atoms with Crippen LogP contribution < -0.4 is 10.2 Å². The lowest BCUT2D eigenvalue weighted by Gasteiger charge is -2.33. The molecular weight excluding hydrogens is 483 g/mol. The van der Waals surface area contributed by atoms with E-state index in [1.54, 1.807) is 23.2 Å². The average molecular weight is 513 g/mol. The van der Waals surface area contributed by atoms with Crippen LogP contribution in [0.1, 0.15) is 35.8 Å². The van der Waals surface area contributed by atoms with E-state index in [0.29, 0.717) is 39.0 Å². The van der Waals surface area contributed by atoms with Crippen LogP contribution >= 0.6 is 0 Å². The van der Waals surface area contributed by atoms with Gasteiger partial charge >= 0.3 is 6.03 Å². The van der Waals surface area contributed by atoms with Crippen molar-refractivity contribution in [2.24, 2.45) is 0 Å². The highest BCUT2D eigenvalue weighted by molar-refractivity contribution is 5.94. The Morgan fingerprint density at radius 2 is 1.71 bits per heavy atom. The third-order valence-electron chi connectivity index (χ3n) is 7.44. The highest BCUT2D eigenvalue weighted by atomic mass is 19.1. The Bertz CT molecular complexity index is 1460. The van der Waals surface area contributed by atoms with Gasteiger partial charge in [-0.25, -0.2) is 19.2 Å². The number of benzene rings is 2. The molecule has 0 atom stereocenters. The summed E-state index contributed by atoms with van der Waals surface area (Å²) in [6.07, 6.45) is 4.33. The molecule has 4 aromatic rings. The van der Waals surface area contributed by atoms with Crippen LogP contribution in [-0.4, -0.2) is 57.6 Å². The van der Waals surface area contributed by atoms with Gasteiger partial charge in [0.1, 0.15) is 17.2 Å². The van der Waals surface area contributed by atoms with E-state index in [1.165, 1.54) is 12.1 Å². The monoisotopic (exact) mass is 512 g/mol. The molecule has 3 amide bonds. The molecule has 2 saturated heterocycles. The maximum Gasteiger partial charge on any atom is 0.321 e. The van der Waals surface area contributed by atoms with Gasteiger partial charge in [0, 0.05) is 50.5 Å². The average Bonchev–Trinajstić information content (AvgIpc) is 3.53. The number of urea groups is 1. The number of halogens is 1. The second-order valence-corrected chi connectivity index (χ2v) is 9.89. The summed E-state index contributed by atoms with van der Waals surface area (Å²) in [5.74, 6) is 0.757. The Hall–Kier alpha value is -4.27. The fourth-order valence-corrected chi connectivity index (χ4v) is 5.44. The molecule has 0 saturated carbocycles. The van der Waals surface area contributed by atoms with E-state index in [1.807, 2.05) is 41.3 Å². The zero-order chi connectivity index (χ0) is 26.1. The minimum Gasteiger partial charge on any atom is -0.342 e. The normalized spacial score (nSPS) is 16.3. The molecule has 6 rings (SSSR count). The Balaban J connectivity index is 1.12. The minimum atomic E-state index is -0.254. The summed E-state index contributed by atoms with van der Waals surface area (Å²) in [5.41, 5.74) is 4.47. The van der Waals surface area contributed by atoms with Gasteiger partial charge in [0.05, 0.1) is 6.42 Å². The zero-order valence-electron chi connectivity index (χ0n) is 21.0. The van der Waals surface area contributed by atoms with Crippen molar-refractivity contribution in [3.8, 4) is 0 Å². The van der Waals surface area contributed by atoms with Crippen LogP contribution in [0.3, 0.4) is 0 Å². The van der Waals surface area contributed by atoms with Crippen LogP contribution in [0.2, 0.25) is 0 Å². The molecule has 9 heteroatoms. The molecule has 38 heavy (non-hydrogen) atoms. The Morgan fingerprint density at radius 1 is 0.974 bits per heavy atom. The number of carbonyl (C=O) groups is 2. The molecule has 0 bridgehead atoms. The molecule has 1 N–H and O–H groups in total. The van der Waals surface area contributed by atoms with E-state index in [0.717, 1.165) is 46.6 Å². The van der Waals surface area contributed by atoms with Crippen molar-refractivity contribution in [3.05, 3.63) is 89.6 Å². The van der Waals surface area contributed by atoms with E-state index in [4.69, 9.17) is 4.98 Å². The van der Waals surface area contributed by atoms with E-state index < -0.39 is 0 Å². The second-order valence-electron chi connectivity index (χ2n) is 9.89. The van der Waals surface area contributed by atoms with Gasteiger partial charge < -0.3 is 14.8 Å². The first-order valence-electron chi connectivity index (χ1n) is 13.0. The Kier molecular flexibility index (Phi) is 6.49. The maximum absolute atomic E-state index is 13.4. The van der Waals surface area contributed by atoms with Crippen molar-refractivity contribution >= 4 is 28.8 Å². The number of hydrogen-bond acceptors (Lipinski definition) is 4. The Morgan fingerprint density at radius 3 is 2.42 bits per heavy atom. The first kappa shape index (κ1) is 24.1. The molecule has 2 fully saturated rings. The van der Waals surface area contributed by atoms with Gasteiger partial charge in [-0.2, -0.15) is 0 Å². The highest BCUT2D eigenvalue weighted by Gasteiger charge is 2.27. The van der Waals surface area contributed by atoms with Crippen LogP contribution in [0.4, 0.5) is 14.9 Å². The molecule has 0 radical (unpaired) electrons. The van der Waals surface area contributed by atoms with Gasteiger partial charge in [-0.1, -0.05) is 24.3 Å². The summed E-state index contributed by atoms with van der Waals surface area (Å²) >= 11 is 0. The Labute approximate surface area is 220 Å². The second kappa shape index (κ2) is 10.2. The molecule has 2 aromatic heterocycles. The maximum atomic E-state index is 13.4. The summed E-state index contributed by atoms with van der Waals surface area (Å²) in [6.45, 7) is 2.63. The summed E-state index contributed by atoms with van der Waals surface area (Å²) in [7, 11) is 0. The molecule has 0 aliphatic carbocycles. The van der Waals surface area contributed by atoms with Crippen molar-refractivity contribution < 1.29 is 14.0 Å². The lowest BCUT2D eigenvalue weighted by Crippen LogP contribution is -2.40. The molecule has 0 spiro atoms. The largest absolute Gasteiger partial charge is 0.342 e. The summed E-state index contributed by atoms with van der Waals surface area (Å²) in [6, 6.07) is 18.1. The number of anilines is 1. The van der Waals surface area contributed by atoms with Crippen molar-refractivity contribution in [3.63, 3.8) is 0 Å². The molecule has 4 heterocycles. The third kappa shape index (κ3) is 4.83. The summed E-state index contributed by atoms with van der Waals surface area (Å²) in [4.78, 5) is 38.1. The number of carbonyl (C=O) groups excluding carboxylic acids is 2. The number of likely N-dealkylation sites (tertiary alicyclic amines) is 1. The molecule has 2 aliphatic rings. The van der Waals surface area contributed by atoms with Gasteiger partial charge in [-0.15, -0.1) is 0 Å². The number of piperidine rings is 1. The SMILES string of the molecule is O=C(Cc1ccc(N2CCNC2=O)cc1)N1CCC(n2c(Cc3ccc(F)cc3)nc3cccnc32)CC1. The quantitative estimate of drug-likeness (QED) is 0.422. The fourth-order valence-electron chi connectivity index (χ4n) is 5.44. The van der Waals surface area contributed by atoms with E-state index >= 15 is 0 Å². The van der Waals surface area contributed by atoms with Crippen LogP contribution in [0.15, 0.2) is 66.9 Å².